The number of hydrogen-bond donors (Lipinski definition) is 5. The lowest BCUT2D eigenvalue weighted by Gasteiger charge is -2.31. The van der Waals surface area contributed by atoms with Gasteiger partial charge >= 0.3 is 6.18 Å². The number of carbonyl (C=O) groups is 5. The van der Waals surface area contributed by atoms with Crippen LogP contribution in [0.3, 0.4) is 0 Å². The fraction of sp³-hybridized carbons (Fsp3) is 0.479. The standard InChI is InChI=1S/C48H55F3N8O8/c1-25(28-18-29(48(49,50)51)20-30(52)19-28)54-42-34-21-39(38(65-4)22-36(34)55-26(2)56-42)67-24-47(15-16-47)23-27(43(61)53-3)14-17-66-32-10-8-31(9-11-32)57-35-7-5-6-33-41(35)46(64)59(45(33)63)37-12-13-40(60)58-44(37)62/h5-7,18-22,25,27,31-32,37,57H,8-17,23-24,52H2,1-4H3,(H,53,61)(H,54,55,56)(H,58,60,62). The van der Waals surface area contributed by atoms with Crippen LogP contribution < -0.4 is 36.5 Å². The zero-order chi connectivity index (χ0) is 47.8. The number of benzene rings is 3. The summed E-state index contributed by atoms with van der Waals surface area (Å²) >= 11 is 0. The second kappa shape index (κ2) is 19.0. The van der Waals surface area contributed by atoms with Gasteiger partial charge in [0.25, 0.3) is 11.8 Å². The zero-order valence-electron chi connectivity index (χ0n) is 37.8. The van der Waals surface area contributed by atoms with Gasteiger partial charge in [0, 0.05) is 60.3 Å². The van der Waals surface area contributed by atoms with Gasteiger partial charge in [0.2, 0.25) is 17.7 Å². The third kappa shape index (κ3) is 10.3. The van der Waals surface area contributed by atoms with E-state index in [0.29, 0.717) is 71.4 Å². The van der Waals surface area contributed by atoms with Gasteiger partial charge in [-0.1, -0.05) is 6.07 Å². The van der Waals surface area contributed by atoms with Gasteiger partial charge in [0.05, 0.1) is 48.1 Å². The van der Waals surface area contributed by atoms with Crippen LogP contribution in [0.25, 0.3) is 10.9 Å². The molecule has 3 unspecified atom stereocenters. The number of ether oxygens (including phenoxy) is 3. The first-order valence-corrected chi connectivity index (χ1v) is 22.6. The van der Waals surface area contributed by atoms with E-state index in [1.54, 1.807) is 51.2 Å². The molecule has 3 fully saturated rings. The molecular formula is C48H55F3N8O8. The number of nitrogens with one attached hydrogen (secondary N) is 4. The van der Waals surface area contributed by atoms with Crippen molar-refractivity contribution in [2.24, 2.45) is 11.3 Å². The topological polar surface area (TPSA) is 216 Å². The number of alkyl halides is 3. The number of anilines is 3. The van der Waals surface area contributed by atoms with Crippen molar-refractivity contribution < 1.29 is 51.4 Å². The molecule has 0 bridgehead atoms. The van der Waals surface area contributed by atoms with Gasteiger partial charge < -0.3 is 35.9 Å². The number of aromatic nitrogens is 2. The summed E-state index contributed by atoms with van der Waals surface area (Å²) in [6, 6.07) is 10.4. The largest absolute Gasteiger partial charge is 0.493 e. The van der Waals surface area contributed by atoms with E-state index in [1.807, 2.05) is 0 Å². The molecule has 4 aliphatic rings. The lowest BCUT2D eigenvalue weighted by Crippen LogP contribution is -2.54. The van der Waals surface area contributed by atoms with Gasteiger partial charge in [-0.3, -0.25) is 34.2 Å². The number of carbonyl (C=O) groups excluding carboxylic acids is 5. The average molecular weight is 929 g/mol. The highest BCUT2D eigenvalue weighted by molar-refractivity contribution is 6.25. The fourth-order valence-electron chi connectivity index (χ4n) is 9.49. The highest BCUT2D eigenvalue weighted by Crippen LogP contribution is 2.52. The number of piperidine rings is 1. The number of methoxy groups -OCH3 is 1. The Bertz CT molecular complexity index is 2600. The summed E-state index contributed by atoms with van der Waals surface area (Å²) in [5.74, 6) is -0.875. The molecular weight excluding hydrogens is 874 g/mol. The molecule has 3 atom stereocenters. The number of hydrogen-bond acceptors (Lipinski definition) is 13. The molecule has 3 heterocycles. The van der Waals surface area contributed by atoms with Crippen molar-refractivity contribution >= 4 is 57.6 Å². The maximum Gasteiger partial charge on any atom is 0.416 e. The highest BCUT2D eigenvalue weighted by atomic mass is 19.4. The Morgan fingerprint density at radius 1 is 1.00 bits per heavy atom. The Labute approximate surface area is 385 Å². The minimum Gasteiger partial charge on any atom is -0.493 e. The molecule has 0 spiro atoms. The van der Waals surface area contributed by atoms with Crippen LogP contribution in [0.1, 0.15) is 115 Å². The molecule has 1 saturated heterocycles. The van der Waals surface area contributed by atoms with Crippen LogP contribution in [0.4, 0.5) is 30.4 Å². The lowest BCUT2D eigenvalue weighted by molar-refractivity contribution is -0.138. The minimum absolute atomic E-state index is 0.00563. The number of fused-ring (bicyclic) bond motifs is 2. The van der Waals surface area contributed by atoms with E-state index >= 15 is 0 Å². The quantitative estimate of drug-likeness (QED) is 0.0541. The summed E-state index contributed by atoms with van der Waals surface area (Å²) in [7, 11) is 3.15. The second-order valence-electron chi connectivity index (χ2n) is 18.1. The van der Waals surface area contributed by atoms with E-state index in [4.69, 9.17) is 19.9 Å². The minimum atomic E-state index is -4.56. The molecule has 6 N–H and O–H groups in total. The van der Waals surface area contributed by atoms with Crippen molar-refractivity contribution in [3.63, 3.8) is 0 Å². The van der Waals surface area contributed by atoms with E-state index in [2.05, 4.69) is 31.2 Å². The number of amides is 5. The lowest BCUT2D eigenvalue weighted by atomic mass is 9.89. The molecule has 1 aromatic heterocycles. The van der Waals surface area contributed by atoms with E-state index in [-0.39, 0.29) is 59.0 Å². The van der Waals surface area contributed by atoms with Gasteiger partial charge in [-0.2, -0.15) is 13.2 Å². The molecule has 67 heavy (non-hydrogen) atoms. The first kappa shape index (κ1) is 47.0. The van der Waals surface area contributed by atoms with E-state index < -0.39 is 47.5 Å². The second-order valence-corrected chi connectivity index (χ2v) is 18.1. The number of aryl methyl sites for hydroxylation is 1. The monoisotopic (exact) mass is 928 g/mol. The van der Waals surface area contributed by atoms with Crippen LogP contribution >= 0.6 is 0 Å². The summed E-state index contributed by atoms with van der Waals surface area (Å²) in [6.45, 7) is 4.14. The third-order valence-corrected chi connectivity index (χ3v) is 13.4. The Balaban J connectivity index is 0.858. The number of nitrogen functional groups attached to an aromatic ring is 1. The Kier molecular flexibility index (Phi) is 13.3. The van der Waals surface area contributed by atoms with Crippen molar-refractivity contribution in [3.05, 3.63) is 76.6 Å². The van der Waals surface area contributed by atoms with Crippen LogP contribution in [0.2, 0.25) is 0 Å². The first-order valence-electron chi connectivity index (χ1n) is 22.6. The van der Waals surface area contributed by atoms with Crippen LogP contribution in [-0.2, 0) is 25.3 Å². The molecule has 5 amide bonds. The molecule has 2 aliphatic heterocycles. The number of imide groups is 2. The normalized spacial score (nSPS) is 21.1. The summed E-state index contributed by atoms with van der Waals surface area (Å²) < 4.78 is 59.4. The van der Waals surface area contributed by atoms with Crippen LogP contribution in [0.15, 0.2) is 48.5 Å². The summed E-state index contributed by atoms with van der Waals surface area (Å²) in [4.78, 5) is 74.5. The summed E-state index contributed by atoms with van der Waals surface area (Å²) in [5.41, 5.74) is 6.62. The smallest absolute Gasteiger partial charge is 0.416 e. The van der Waals surface area contributed by atoms with Crippen LogP contribution in [-0.4, -0.2) is 90.0 Å². The Morgan fingerprint density at radius 2 is 1.76 bits per heavy atom. The highest BCUT2D eigenvalue weighted by Gasteiger charge is 2.47. The molecule has 8 rings (SSSR count). The van der Waals surface area contributed by atoms with Gasteiger partial charge in [-0.15, -0.1) is 0 Å². The molecule has 0 radical (unpaired) electrons. The number of nitrogens with two attached hydrogens (primary N) is 1. The molecule has 2 aliphatic carbocycles. The van der Waals surface area contributed by atoms with Gasteiger partial charge in [-0.25, -0.2) is 9.97 Å². The zero-order valence-corrected chi connectivity index (χ0v) is 37.8. The Morgan fingerprint density at radius 3 is 2.45 bits per heavy atom. The maximum absolute atomic E-state index is 13.6. The van der Waals surface area contributed by atoms with Gasteiger partial charge in [-0.05, 0) is 114 Å². The van der Waals surface area contributed by atoms with Gasteiger partial charge in [0.1, 0.15) is 17.7 Å². The molecule has 3 aromatic carbocycles. The van der Waals surface area contributed by atoms with E-state index in [1.165, 1.54) is 13.2 Å². The third-order valence-electron chi connectivity index (χ3n) is 13.4. The predicted octanol–water partition coefficient (Wildman–Crippen LogP) is 6.86. The van der Waals surface area contributed by atoms with Crippen molar-refractivity contribution in [1.29, 1.82) is 0 Å². The van der Waals surface area contributed by atoms with E-state index in [9.17, 15) is 37.1 Å². The molecule has 4 aromatic rings. The summed E-state index contributed by atoms with van der Waals surface area (Å²) in [5, 5.41) is 12.3. The molecule has 19 heteroatoms. The first-order chi connectivity index (χ1) is 31.9. The van der Waals surface area contributed by atoms with E-state index in [0.717, 1.165) is 55.6 Å². The molecule has 356 valence electrons. The van der Waals surface area contributed by atoms with Crippen LogP contribution in [0, 0.1) is 18.3 Å². The number of halogens is 3. The van der Waals surface area contributed by atoms with Crippen molar-refractivity contribution in [2.45, 2.75) is 108 Å². The summed E-state index contributed by atoms with van der Waals surface area (Å²) in [6.07, 6.45) is 1.35. The molecule has 16 nitrogen and oxygen atoms in total. The maximum atomic E-state index is 13.6. The predicted molar refractivity (Wildman–Crippen MR) is 241 cm³/mol. The average Bonchev–Trinajstić information content (AvgIpc) is 4.01. The molecule has 2 saturated carbocycles. The van der Waals surface area contributed by atoms with Crippen LogP contribution in [0.5, 0.6) is 11.5 Å². The fourth-order valence-corrected chi connectivity index (χ4v) is 9.49. The Hall–Kier alpha value is -6.50. The van der Waals surface area contributed by atoms with Crippen molar-refractivity contribution in [2.75, 3.05) is 43.7 Å². The van der Waals surface area contributed by atoms with Gasteiger partial charge in [0.15, 0.2) is 11.5 Å². The number of nitrogens with zero attached hydrogens (tertiary/aromatic N) is 3. The number of rotatable bonds is 17. The van der Waals surface area contributed by atoms with Crippen molar-refractivity contribution in [1.82, 2.24) is 25.5 Å². The SMILES string of the molecule is CNC(=O)C(CCOC1CCC(Nc2cccc3c2C(=O)N(C2CCC(=O)NC2=O)C3=O)CC1)CC1(COc2cc3c(NC(C)c4cc(N)cc(C(F)(F)F)c4)nc(C)nc3cc2OC)CC1. The van der Waals surface area contributed by atoms with Crippen molar-refractivity contribution in [3.8, 4) is 11.5 Å².